The third kappa shape index (κ3) is 2.99. The van der Waals surface area contributed by atoms with Gasteiger partial charge in [-0.3, -0.25) is 4.79 Å². The molecule has 0 saturated carbocycles. The summed E-state index contributed by atoms with van der Waals surface area (Å²) in [5, 5.41) is 23.8. The van der Waals surface area contributed by atoms with Crippen molar-refractivity contribution in [3.8, 4) is 0 Å². The molecule has 0 bridgehead atoms. The van der Waals surface area contributed by atoms with Gasteiger partial charge in [0.25, 0.3) is 5.91 Å². The number of carbonyl (C=O) groups excluding carboxylic acids is 1. The van der Waals surface area contributed by atoms with Crippen LogP contribution < -0.4 is 0 Å². The van der Waals surface area contributed by atoms with Crippen molar-refractivity contribution in [2.45, 2.75) is 39.0 Å². The van der Waals surface area contributed by atoms with Gasteiger partial charge in [-0.05, 0) is 37.7 Å². The zero-order chi connectivity index (χ0) is 19.1. The molecule has 0 aliphatic heterocycles. The highest BCUT2D eigenvalue weighted by Crippen LogP contribution is 2.42. The zero-order valence-electron chi connectivity index (χ0n) is 15.5. The Morgan fingerprint density at radius 1 is 1.30 bits per heavy atom. The predicted molar refractivity (Wildman–Crippen MR) is 102 cm³/mol. The molecule has 0 spiro atoms. The molecule has 9 heteroatoms. The Morgan fingerprint density at radius 3 is 2.74 bits per heavy atom. The number of fused-ring (bicyclic) bond motifs is 5. The molecule has 1 aliphatic rings. The van der Waals surface area contributed by atoms with E-state index in [0.29, 0.717) is 17.4 Å². The molecule has 3 aromatic rings. The zero-order valence-corrected chi connectivity index (χ0v) is 16.3. The number of amides is 1. The van der Waals surface area contributed by atoms with Crippen molar-refractivity contribution >= 4 is 33.1 Å². The number of hydrogen-bond acceptors (Lipinski definition) is 7. The lowest BCUT2D eigenvalue weighted by Gasteiger charge is -2.18. The van der Waals surface area contributed by atoms with Gasteiger partial charge in [-0.25, -0.2) is 9.97 Å². The van der Waals surface area contributed by atoms with Crippen LogP contribution in [0.4, 0.5) is 0 Å². The number of aliphatic hydroxyl groups excluding tert-OH is 2. The number of carbonyl (C=O) groups is 1. The van der Waals surface area contributed by atoms with E-state index in [9.17, 15) is 15.0 Å². The predicted octanol–water partition coefficient (Wildman–Crippen LogP) is 1.51. The van der Waals surface area contributed by atoms with Gasteiger partial charge in [0.2, 0.25) is 5.82 Å². The monoisotopic (exact) mass is 389 g/mol. The van der Waals surface area contributed by atoms with Gasteiger partial charge in [-0.2, -0.15) is 4.52 Å². The van der Waals surface area contributed by atoms with Crippen LogP contribution in [0, 0.1) is 6.92 Å². The summed E-state index contributed by atoms with van der Waals surface area (Å²) in [6, 6.07) is 0. The summed E-state index contributed by atoms with van der Waals surface area (Å²) in [6.45, 7) is 3.99. The molecular formula is C18H23N5O3S. The molecule has 144 valence electrons. The molecule has 2 N–H and O–H groups in total. The Kier molecular flexibility index (Phi) is 4.83. The summed E-state index contributed by atoms with van der Waals surface area (Å²) >= 11 is 1.72. The number of rotatable bonds is 5. The van der Waals surface area contributed by atoms with Crippen molar-refractivity contribution in [2.75, 3.05) is 26.3 Å². The van der Waals surface area contributed by atoms with Crippen LogP contribution in [0.3, 0.4) is 0 Å². The van der Waals surface area contributed by atoms with Gasteiger partial charge in [0, 0.05) is 18.0 Å². The van der Waals surface area contributed by atoms with E-state index in [2.05, 4.69) is 17.0 Å². The fourth-order valence-corrected chi connectivity index (χ4v) is 5.25. The summed E-state index contributed by atoms with van der Waals surface area (Å²) in [7, 11) is 0. The number of hydrogen-bond donors (Lipinski definition) is 2. The Bertz CT molecular complexity index is 1010. The first kappa shape index (κ1) is 18.3. The lowest BCUT2D eigenvalue weighted by atomic mass is 9.87. The van der Waals surface area contributed by atoms with Crippen LogP contribution in [0.25, 0.3) is 15.9 Å². The Labute approximate surface area is 160 Å². The Morgan fingerprint density at radius 2 is 2.04 bits per heavy atom. The Balaban J connectivity index is 1.88. The van der Waals surface area contributed by atoms with Crippen molar-refractivity contribution in [1.82, 2.24) is 24.5 Å². The third-order valence-electron chi connectivity index (χ3n) is 5.16. The van der Waals surface area contributed by atoms with Gasteiger partial charge in [0.1, 0.15) is 10.7 Å². The maximum absolute atomic E-state index is 12.8. The number of aromatic nitrogens is 4. The maximum Gasteiger partial charge on any atom is 0.293 e. The molecule has 27 heavy (non-hydrogen) atoms. The lowest BCUT2D eigenvalue weighted by Crippen LogP contribution is -2.36. The van der Waals surface area contributed by atoms with Crippen LogP contribution in [-0.4, -0.2) is 66.9 Å². The van der Waals surface area contributed by atoms with Crippen LogP contribution >= 0.6 is 11.3 Å². The number of thiophene rings is 1. The highest BCUT2D eigenvalue weighted by Gasteiger charge is 2.27. The highest BCUT2D eigenvalue weighted by atomic mass is 32.1. The van der Waals surface area contributed by atoms with Crippen LogP contribution in [0.5, 0.6) is 0 Å². The molecule has 0 radical (unpaired) electrons. The summed E-state index contributed by atoms with van der Waals surface area (Å²) in [4.78, 5) is 25.7. The second kappa shape index (κ2) is 7.14. The topological polar surface area (TPSA) is 104 Å². The molecule has 3 aromatic heterocycles. The number of aryl methyl sites for hydroxylation is 2. The van der Waals surface area contributed by atoms with Gasteiger partial charge in [0.05, 0.1) is 18.6 Å². The fourth-order valence-electron chi connectivity index (χ4n) is 3.87. The maximum atomic E-state index is 12.8. The van der Waals surface area contributed by atoms with Crippen LogP contribution in [-0.2, 0) is 6.42 Å². The number of nitrogens with zero attached hydrogens (tertiary/aromatic N) is 5. The van der Waals surface area contributed by atoms with E-state index >= 15 is 0 Å². The van der Waals surface area contributed by atoms with Crippen molar-refractivity contribution in [1.29, 1.82) is 0 Å². The third-order valence-corrected chi connectivity index (χ3v) is 6.32. The van der Waals surface area contributed by atoms with E-state index in [-0.39, 0.29) is 32.1 Å². The van der Waals surface area contributed by atoms with E-state index in [1.807, 2.05) is 6.92 Å². The molecule has 8 nitrogen and oxygen atoms in total. The van der Waals surface area contributed by atoms with Crippen LogP contribution in [0.2, 0.25) is 0 Å². The van der Waals surface area contributed by atoms with Crippen molar-refractivity contribution < 1.29 is 15.0 Å². The van der Waals surface area contributed by atoms with Gasteiger partial charge in [-0.15, -0.1) is 16.4 Å². The minimum atomic E-state index is -0.397. The standard InChI is InChI=1S/C18H23N5O3S/c1-10-4-3-5-12-13(10)14-16-20-15(18(26)22(6-8-24)7-9-25)21-23(16)11(2)19-17(14)27-12/h10,24-25H,3-9H2,1-2H3. The van der Waals surface area contributed by atoms with E-state index in [1.165, 1.54) is 21.8 Å². The van der Waals surface area contributed by atoms with E-state index in [4.69, 9.17) is 4.98 Å². The van der Waals surface area contributed by atoms with Crippen molar-refractivity contribution in [3.63, 3.8) is 0 Å². The summed E-state index contributed by atoms with van der Waals surface area (Å²) in [6.07, 6.45) is 3.39. The van der Waals surface area contributed by atoms with E-state index in [0.717, 1.165) is 23.1 Å². The second-order valence-corrected chi connectivity index (χ2v) is 8.07. The normalized spacial score (nSPS) is 16.8. The molecule has 1 atom stereocenters. The molecule has 0 saturated heterocycles. The van der Waals surface area contributed by atoms with Crippen molar-refractivity contribution in [2.24, 2.45) is 0 Å². The average Bonchev–Trinajstić information content (AvgIpc) is 3.23. The lowest BCUT2D eigenvalue weighted by molar-refractivity contribution is 0.0673. The molecule has 3 heterocycles. The van der Waals surface area contributed by atoms with Crippen LogP contribution in [0.1, 0.15) is 52.6 Å². The smallest absolute Gasteiger partial charge is 0.293 e. The summed E-state index contributed by atoms with van der Waals surface area (Å²) < 4.78 is 1.64. The quantitative estimate of drug-likeness (QED) is 0.686. The largest absolute Gasteiger partial charge is 0.395 e. The van der Waals surface area contributed by atoms with Crippen LogP contribution in [0.15, 0.2) is 0 Å². The van der Waals surface area contributed by atoms with Crippen molar-refractivity contribution in [3.05, 3.63) is 22.1 Å². The van der Waals surface area contributed by atoms with Gasteiger partial charge >= 0.3 is 0 Å². The average molecular weight is 389 g/mol. The minimum absolute atomic E-state index is 0.0673. The first-order valence-electron chi connectivity index (χ1n) is 9.24. The highest BCUT2D eigenvalue weighted by molar-refractivity contribution is 7.19. The van der Waals surface area contributed by atoms with Gasteiger partial charge < -0.3 is 15.1 Å². The summed E-state index contributed by atoms with van der Waals surface area (Å²) in [5.41, 5.74) is 1.97. The molecule has 1 amide bonds. The molecule has 4 rings (SSSR count). The molecule has 1 unspecified atom stereocenters. The van der Waals surface area contributed by atoms with E-state index in [1.54, 1.807) is 15.9 Å². The molecule has 0 aromatic carbocycles. The second-order valence-electron chi connectivity index (χ2n) is 6.98. The molecular weight excluding hydrogens is 366 g/mol. The van der Waals surface area contributed by atoms with Gasteiger partial charge in [0.15, 0.2) is 5.65 Å². The van der Waals surface area contributed by atoms with Gasteiger partial charge in [-0.1, -0.05) is 6.92 Å². The van der Waals surface area contributed by atoms with E-state index < -0.39 is 5.91 Å². The number of aliphatic hydroxyl groups is 2. The Hall–Kier alpha value is -2.10. The molecule has 0 fully saturated rings. The minimum Gasteiger partial charge on any atom is -0.395 e. The summed E-state index contributed by atoms with van der Waals surface area (Å²) in [5.74, 6) is 0.794. The SMILES string of the molecule is Cc1nc2sc3c(c2c2nc(C(=O)N(CCO)CCO)nn12)C(C)CCC3. The molecule has 1 aliphatic carbocycles. The fraction of sp³-hybridized carbons (Fsp3) is 0.556. The first-order valence-corrected chi connectivity index (χ1v) is 10.1. The first-order chi connectivity index (χ1) is 13.0.